The largest absolute Gasteiger partial charge is 0.377 e. The Morgan fingerprint density at radius 2 is 1.60 bits per heavy atom. The second kappa shape index (κ2) is 5.58. The fourth-order valence-corrected chi connectivity index (χ4v) is 4.53. The van der Waals surface area contributed by atoms with E-state index >= 15 is 0 Å². The third kappa shape index (κ3) is 3.05. The third-order valence-electron chi connectivity index (χ3n) is 5.54. The predicted molar refractivity (Wildman–Crippen MR) is 82.8 cm³/mol. The fourth-order valence-electron chi connectivity index (χ4n) is 4.53. The molecule has 2 unspecified atom stereocenters. The van der Waals surface area contributed by atoms with Crippen molar-refractivity contribution < 1.29 is 9.47 Å². The highest BCUT2D eigenvalue weighted by molar-refractivity contribution is 5.06. The van der Waals surface area contributed by atoms with E-state index in [0.29, 0.717) is 5.92 Å². The van der Waals surface area contributed by atoms with Crippen molar-refractivity contribution in [3.8, 4) is 0 Å². The molecule has 118 valence electrons. The van der Waals surface area contributed by atoms with Gasteiger partial charge in [0.2, 0.25) is 0 Å². The van der Waals surface area contributed by atoms with Gasteiger partial charge in [0.15, 0.2) is 0 Å². The van der Waals surface area contributed by atoms with Gasteiger partial charge in [-0.05, 0) is 47.0 Å². The average Bonchev–Trinajstić information content (AvgIpc) is 2.55. The summed E-state index contributed by atoms with van der Waals surface area (Å²) in [5.41, 5.74) is 6.37. The highest BCUT2D eigenvalue weighted by Gasteiger charge is 2.53. The Morgan fingerprint density at radius 1 is 1.05 bits per heavy atom. The summed E-state index contributed by atoms with van der Waals surface area (Å²) in [7, 11) is 1.85. The molecule has 2 atom stereocenters. The minimum absolute atomic E-state index is 0.0578. The highest BCUT2D eigenvalue weighted by atomic mass is 16.5. The van der Waals surface area contributed by atoms with Crippen LogP contribution in [0.5, 0.6) is 0 Å². The number of hydrogen-bond donors (Lipinski definition) is 1. The second-order valence-corrected chi connectivity index (χ2v) is 7.98. The van der Waals surface area contributed by atoms with Crippen molar-refractivity contribution in [1.82, 2.24) is 0 Å². The molecule has 0 aromatic heterocycles. The summed E-state index contributed by atoms with van der Waals surface area (Å²) >= 11 is 0. The Labute approximate surface area is 124 Å². The van der Waals surface area contributed by atoms with Gasteiger partial charge in [-0.15, -0.1) is 0 Å². The monoisotopic (exact) mass is 283 g/mol. The van der Waals surface area contributed by atoms with Gasteiger partial charge >= 0.3 is 0 Å². The zero-order valence-electron chi connectivity index (χ0n) is 14.0. The minimum atomic E-state index is -0.166. The van der Waals surface area contributed by atoms with E-state index in [1.807, 2.05) is 7.11 Å². The van der Waals surface area contributed by atoms with Gasteiger partial charge in [0.25, 0.3) is 0 Å². The van der Waals surface area contributed by atoms with Gasteiger partial charge in [0.1, 0.15) is 0 Å². The van der Waals surface area contributed by atoms with Crippen LogP contribution in [0.2, 0.25) is 0 Å². The van der Waals surface area contributed by atoms with Crippen molar-refractivity contribution in [2.24, 2.45) is 11.7 Å². The van der Waals surface area contributed by atoms with E-state index in [1.54, 1.807) is 0 Å². The molecular formula is C17H33NO2. The van der Waals surface area contributed by atoms with Crippen LogP contribution in [-0.4, -0.2) is 30.0 Å². The lowest BCUT2D eigenvalue weighted by Crippen LogP contribution is -2.57. The summed E-state index contributed by atoms with van der Waals surface area (Å²) in [6.45, 7) is 8.72. The second-order valence-electron chi connectivity index (χ2n) is 7.98. The van der Waals surface area contributed by atoms with E-state index < -0.39 is 0 Å². The predicted octanol–water partition coefficient (Wildman–Crippen LogP) is 3.65. The van der Waals surface area contributed by atoms with Crippen LogP contribution in [0.3, 0.4) is 0 Å². The first-order chi connectivity index (χ1) is 9.22. The normalized spacial score (nSPS) is 33.6. The Kier molecular flexibility index (Phi) is 4.54. The van der Waals surface area contributed by atoms with E-state index in [1.165, 1.54) is 25.7 Å². The maximum Gasteiger partial charge on any atom is 0.0832 e. The molecule has 2 fully saturated rings. The van der Waals surface area contributed by atoms with Gasteiger partial charge in [-0.2, -0.15) is 0 Å². The molecule has 0 radical (unpaired) electrons. The Bertz CT molecular complexity index is 330. The average molecular weight is 283 g/mol. The molecule has 2 N–H and O–H groups in total. The molecule has 1 aliphatic carbocycles. The van der Waals surface area contributed by atoms with Crippen molar-refractivity contribution in [3.05, 3.63) is 0 Å². The van der Waals surface area contributed by atoms with Crippen LogP contribution < -0.4 is 5.73 Å². The number of hydrogen-bond acceptors (Lipinski definition) is 3. The van der Waals surface area contributed by atoms with Crippen molar-refractivity contribution in [3.63, 3.8) is 0 Å². The maximum absolute atomic E-state index is 6.76. The first-order valence-electron chi connectivity index (χ1n) is 8.23. The summed E-state index contributed by atoms with van der Waals surface area (Å²) < 4.78 is 12.3. The summed E-state index contributed by atoms with van der Waals surface area (Å²) in [4.78, 5) is 0. The number of methoxy groups -OCH3 is 1. The Balaban J connectivity index is 2.21. The van der Waals surface area contributed by atoms with Crippen LogP contribution in [0, 0.1) is 5.92 Å². The standard InChI is InChI=1S/C17H33NO2/c1-15(2)12-13(16(3,4)20-15)14(18)17(19-5)10-8-6-7-9-11-17/h13-14H,6-12,18H2,1-5H3. The van der Waals surface area contributed by atoms with Crippen LogP contribution >= 0.6 is 0 Å². The summed E-state index contributed by atoms with van der Waals surface area (Å²) in [5.74, 6) is 0.357. The highest BCUT2D eigenvalue weighted by Crippen LogP contribution is 2.47. The van der Waals surface area contributed by atoms with Crippen LogP contribution in [0.15, 0.2) is 0 Å². The van der Waals surface area contributed by atoms with Gasteiger partial charge < -0.3 is 15.2 Å². The van der Waals surface area contributed by atoms with Crippen LogP contribution in [0.1, 0.15) is 72.6 Å². The molecule has 2 aliphatic rings. The smallest absolute Gasteiger partial charge is 0.0832 e. The van der Waals surface area contributed by atoms with Crippen molar-refractivity contribution >= 4 is 0 Å². The number of rotatable bonds is 3. The molecule has 1 heterocycles. The number of ether oxygens (including phenoxy) is 2. The molecule has 0 aromatic rings. The minimum Gasteiger partial charge on any atom is -0.377 e. The van der Waals surface area contributed by atoms with Crippen LogP contribution in [-0.2, 0) is 9.47 Å². The molecule has 3 nitrogen and oxygen atoms in total. The Hall–Kier alpha value is -0.120. The van der Waals surface area contributed by atoms with Crippen molar-refractivity contribution in [2.45, 2.75) is 95.5 Å². The molecule has 1 aliphatic heterocycles. The van der Waals surface area contributed by atoms with E-state index in [-0.39, 0.29) is 22.8 Å². The van der Waals surface area contributed by atoms with Gasteiger partial charge in [0, 0.05) is 19.1 Å². The van der Waals surface area contributed by atoms with E-state index in [0.717, 1.165) is 19.3 Å². The zero-order valence-corrected chi connectivity index (χ0v) is 14.0. The molecule has 0 amide bonds. The van der Waals surface area contributed by atoms with E-state index in [4.69, 9.17) is 15.2 Å². The fraction of sp³-hybridized carbons (Fsp3) is 1.00. The summed E-state index contributed by atoms with van der Waals surface area (Å²) in [6, 6.07) is 0.0578. The molecule has 1 saturated carbocycles. The van der Waals surface area contributed by atoms with Gasteiger partial charge in [0.05, 0.1) is 16.8 Å². The van der Waals surface area contributed by atoms with Gasteiger partial charge in [-0.3, -0.25) is 0 Å². The molecule has 0 aromatic carbocycles. The summed E-state index contributed by atoms with van der Waals surface area (Å²) in [6.07, 6.45) is 8.31. The zero-order chi connectivity index (χ0) is 15.0. The van der Waals surface area contributed by atoms with E-state index in [9.17, 15) is 0 Å². The molecular weight excluding hydrogens is 250 g/mol. The SMILES string of the molecule is COC1(C(N)C2CC(C)(C)OC2(C)C)CCCCCC1. The maximum atomic E-state index is 6.76. The summed E-state index contributed by atoms with van der Waals surface area (Å²) in [5, 5.41) is 0. The first-order valence-corrected chi connectivity index (χ1v) is 8.23. The molecule has 3 heteroatoms. The quantitative estimate of drug-likeness (QED) is 0.804. The topological polar surface area (TPSA) is 44.5 Å². The van der Waals surface area contributed by atoms with Gasteiger partial charge in [-0.1, -0.05) is 25.7 Å². The molecule has 0 spiro atoms. The van der Waals surface area contributed by atoms with Crippen LogP contribution in [0.25, 0.3) is 0 Å². The third-order valence-corrected chi connectivity index (χ3v) is 5.54. The Morgan fingerprint density at radius 3 is 2.00 bits per heavy atom. The lowest BCUT2D eigenvalue weighted by Gasteiger charge is -2.43. The van der Waals surface area contributed by atoms with Gasteiger partial charge in [-0.25, -0.2) is 0 Å². The first kappa shape index (κ1) is 16.3. The molecule has 20 heavy (non-hydrogen) atoms. The van der Waals surface area contributed by atoms with Crippen molar-refractivity contribution in [2.75, 3.05) is 7.11 Å². The number of nitrogens with two attached hydrogens (primary N) is 1. The van der Waals surface area contributed by atoms with E-state index in [2.05, 4.69) is 27.7 Å². The lowest BCUT2D eigenvalue weighted by atomic mass is 9.72. The molecule has 1 saturated heterocycles. The van der Waals surface area contributed by atoms with Crippen LogP contribution in [0.4, 0.5) is 0 Å². The molecule has 2 rings (SSSR count). The lowest BCUT2D eigenvalue weighted by molar-refractivity contribution is -0.101. The van der Waals surface area contributed by atoms with Crippen molar-refractivity contribution in [1.29, 1.82) is 0 Å². The molecule has 0 bridgehead atoms.